The van der Waals surface area contributed by atoms with E-state index in [4.69, 9.17) is 27.9 Å². The summed E-state index contributed by atoms with van der Waals surface area (Å²) in [7, 11) is 0. The topological polar surface area (TPSA) is 26.3 Å². The highest BCUT2D eigenvalue weighted by molar-refractivity contribution is 9.10. The fraction of sp³-hybridized carbons (Fsp3) is 0.125. The lowest BCUT2D eigenvalue weighted by Crippen LogP contribution is -1.98. The summed E-state index contributed by atoms with van der Waals surface area (Å²) in [6, 6.07) is 3.41. The summed E-state index contributed by atoms with van der Waals surface area (Å²) in [5, 5.41) is 0.348. The fourth-order valence-electron chi connectivity index (χ4n) is 0.898. The van der Waals surface area contributed by atoms with Crippen molar-refractivity contribution >= 4 is 44.6 Å². The average molecular weight is 284 g/mol. The zero-order valence-electron chi connectivity index (χ0n) is 6.61. The van der Waals surface area contributed by atoms with Gasteiger partial charge in [-0.2, -0.15) is 0 Å². The highest BCUT2D eigenvalue weighted by Gasteiger charge is 2.09. The number of hydrogen-bond acceptors (Lipinski definition) is 2. The van der Waals surface area contributed by atoms with Crippen LogP contribution in [0.5, 0.6) is 5.75 Å². The van der Waals surface area contributed by atoms with Crippen LogP contribution >= 0.6 is 39.1 Å². The molecule has 0 aliphatic carbocycles. The summed E-state index contributed by atoms with van der Waals surface area (Å²) in [5.41, 5.74) is -0.152. The molecule has 1 aromatic carbocycles. The molecule has 1 rings (SSSR count). The van der Waals surface area contributed by atoms with Crippen LogP contribution in [0.1, 0.15) is 5.56 Å². The van der Waals surface area contributed by atoms with Gasteiger partial charge >= 0.3 is 5.43 Å². The first-order valence-corrected chi connectivity index (χ1v) is 4.88. The minimum absolute atomic E-state index is 0.296. The van der Waals surface area contributed by atoms with E-state index in [2.05, 4.69) is 15.9 Å². The molecule has 0 saturated carbocycles. The molecule has 0 heterocycles. The fourth-order valence-corrected chi connectivity index (χ4v) is 1.98. The van der Waals surface area contributed by atoms with Crippen LogP contribution in [0.3, 0.4) is 0 Å². The van der Waals surface area contributed by atoms with E-state index in [1.54, 1.807) is 19.1 Å². The summed E-state index contributed by atoms with van der Waals surface area (Å²) in [6.07, 6.45) is 0. The van der Waals surface area contributed by atoms with Crippen LogP contribution in [0, 0.1) is 6.92 Å². The molecule has 0 bridgehead atoms. The number of ether oxygens (including phenoxy) is 1. The van der Waals surface area contributed by atoms with Gasteiger partial charge in [0.25, 0.3) is 0 Å². The molecule has 0 aliphatic heterocycles. The van der Waals surface area contributed by atoms with Gasteiger partial charge in [-0.3, -0.25) is 0 Å². The largest absolute Gasteiger partial charge is 0.413 e. The number of hydrogen-bond donors (Lipinski definition) is 0. The summed E-state index contributed by atoms with van der Waals surface area (Å²) in [4.78, 5) is 10.5. The van der Waals surface area contributed by atoms with Gasteiger partial charge in [-0.25, -0.2) is 4.79 Å². The highest BCUT2D eigenvalue weighted by Crippen LogP contribution is 2.32. The Balaban J connectivity index is 3.13. The summed E-state index contributed by atoms with van der Waals surface area (Å²) >= 11 is 14.1. The second-order valence-corrected chi connectivity index (χ2v) is 4.00. The molecule has 13 heavy (non-hydrogen) atoms. The van der Waals surface area contributed by atoms with Crippen molar-refractivity contribution in [1.82, 2.24) is 0 Å². The zero-order valence-corrected chi connectivity index (χ0v) is 9.70. The zero-order chi connectivity index (χ0) is 10.0. The van der Waals surface area contributed by atoms with Gasteiger partial charge in [-0.15, -0.1) is 0 Å². The van der Waals surface area contributed by atoms with Gasteiger partial charge in [-0.1, -0.05) is 27.5 Å². The first kappa shape index (κ1) is 10.8. The Kier molecular flexibility index (Phi) is 3.59. The molecule has 0 N–H and O–H groups in total. The molecule has 0 fully saturated rings. The van der Waals surface area contributed by atoms with Crippen molar-refractivity contribution in [3.8, 4) is 5.75 Å². The predicted octanol–water partition coefficient (Wildman–Crippen LogP) is 4.15. The van der Waals surface area contributed by atoms with Crippen molar-refractivity contribution in [2.24, 2.45) is 0 Å². The second kappa shape index (κ2) is 4.31. The molecule has 0 atom stereocenters. The third-order valence-electron chi connectivity index (χ3n) is 1.38. The molecular weight excluding hydrogens is 279 g/mol. The third-order valence-corrected chi connectivity index (χ3v) is 2.19. The lowest BCUT2D eigenvalue weighted by atomic mass is 10.2. The van der Waals surface area contributed by atoms with Crippen LogP contribution in [0.25, 0.3) is 0 Å². The Hall–Kier alpha value is -0.250. The average Bonchev–Trinajstić information content (AvgIpc) is 1.96. The van der Waals surface area contributed by atoms with Crippen LogP contribution < -0.4 is 4.74 Å². The van der Waals surface area contributed by atoms with Gasteiger partial charge in [0.1, 0.15) is 0 Å². The normalized spacial score (nSPS) is 9.85. The quantitative estimate of drug-likeness (QED) is 0.724. The van der Waals surface area contributed by atoms with Crippen molar-refractivity contribution in [3.05, 3.63) is 27.2 Å². The van der Waals surface area contributed by atoms with Crippen LogP contribution in [-0.2, 0) is 0 Å². The molecular formula is C8H5BrCl2O2. The molecule has 0 radical (unpaired) electrons. The maximum atomic E-state index is 10.5. The van der Waals surface area contributed by atoms with Crippen molar-refractivity contribution in [2.45, 2.75) is 6.92 Å². The van der Waals surface area contributed by atoms with E-state index in [-0.39, 0.29) is 0 Å². The Morgan fingerprint density at radius 2 is 2.15 bits per heavy atom. The number of halogens is 3. The summed E-state index contributed by atoms with van der Waals surface area (Å²) < 4.78 is 5.53. The maximum absolute atomic E-state index is 10.5. The minimum Gasteiger partial charge on any atom is -0.413 e. The number of carbonyl (C=O) groups excluding carboxylic acids is 1. The molecule has 0 amide bonds. The monoisotopic (exact) mass is 282 g/mol. The second-order valence-electron chi connectivity index (χ2n) is 2.37. The van der Waals surface area contributed by atoms with Crippen LogP contribution in [0.4, 0.5) is 4.79 Å². The molecule has 70 valence electrons. The van der Waals surface area contributed by atoms with Crippen molar-refractivity contribution in [2.75, 3.05) is 0 Å². The van der Waals surface area contributed by atoms with Crippen LogP contribution in [-0.4, -0.2) is 5.43 Å². The third kappa shape index (κ3) is 2.86. The Morgan fingerprint density at radius 3 is 2.62 bits per heavy atom. The number of rotatable bonds is 1. The SMILES string of the molecule is Cc1cc(Br)cc(Cl)c1OC(=O)Cl. The van der Waals surface area contributed by atoms with E-state index in [1.807, 2.05) is 0 Å². The van der Waals surface area contributed by atoms with Gasteiger partial charge in [0.15, 0.2) is 5.75 Å². The van der Waals surface area contributed by atoms with E-state index in [9.17, 15) is 4.79 Å². The van der Waals surface area contributed by atoms with Crippen LogP contribution in [0.2, 0.25) is 5.02 Å². The Bertz CT molecular complexity index is 329. The van der Waals surface area contributed by atoms with E-state index in [0.717, 1.165) is 10.0 Å². The molecule has 0 spiro atoms. The van der Waals surface area contributed by atoms with E-state index >= 15 is 0 Å². The number of carbonyl (C=O) groups is 1. The van der Waals surface area contributed by atoms with E-state index in [0.29, 0.717) is 10.8 Å². The van der Waals surface area contributed by atoms with E-state index < -0.39 is 5.43 Å². The molecule has 0 saturated heterocycles. The van der Waals surface area contributed by atoms with Gasteiger partial charge < -0.3 is 4.74 Å². The standard InChI is InChI=1S/C8H5BrCl2O2/c1-4-2-5(9)3-6(10)7(4)13-8(11)12/h2-3H,1H3. The van der Waals surface area contributed by atoms with Gasteiger partial charge in [0.2, 0.25) is 0 Å². The lowest BCUT2D eigenvalue weighted by molar-refractivity contribution is 0.225. The smallest absolute Gasteiger partial charge is 0.409 e. The summed E-state index contributed by atoms with van der Waals surface area (Å²) in [6.45, 7) is 1.77. The lowest BCUT2D eigenvalue weighted by Gasteiger charge is -2.06. The minimum atomic E-state index is -0.896. The number of aryl methyl sites for hydroxylation is 1. The molecule has 0 aromatic heterocycles. The number of benzene rings is 1. The first-order chi connectivity index (χ1) is 6.00. The van der Waals surface area contributed by atoms with Crippen molar-refractivity contribution in [1.29, 1.82) is 0 Å². The molecule has 2 nitrogen and oxygen atoms in total. The highest BCUT2D eigenvalue weighted by atomic mass is 79.9. The molecule has 5 heteroatoms. The Morgan fingerprint density at radius 1 is 1.54 bits per heavy atom. The van der Waals surface area contributed by atoms with Crippen molar-refractivity contribution < 1.29 is 9.53 Å². The van der Waals surface area contributed by atoms with Gasteiger partial charge in [0.05, 0.1) is 5.02 Å². The van der Waals surface area contributed by atoms with Crippen molar-refractivity contribution in [3.63, 3.8) is 0 Å². The van der Waals surface area contributed by atoms with Crippen LogP contribution in [0.15, 0.2) is 16.6 Å². The first-order valence-electron chi connectivity index (χ1n) is 3.33. The van der Waals surface area contributed by atoms with Gasteiger partial charge in [-0.05, 0) is 24.6 Å². The molecule has 1 aromatic rings. The predicted molar refractivity (Wildman–Crippen MR) is 55.8 cm³/mol. The maximum Gasteiger partial charge on any atom is 0.409 e. The van der Waals surface area contributed by atoms with E-state index in [1.165, 1.54) is 0 Å². The molecule has 0 unspecified atom stereocenters. The summed E-state index contributed by atoms with van der Waals surface area (Å²) in [5.74, 6) is 0.296. The molecule has 0 aliphatic rings. The van der Waals surface area contributed by atoms with Gasteiger partial charge in [0, 0.05) is 16.1 Å². The Labute approximate surface area is 93.9 Å².